The van der Waals surface area contributed by atoms with E-state index in [-0.39, 0.29) is 18.5 Å². The minimum absolute atomic E-state index is 0.0242. The van der Waals surface area contributed by atoms with Gasteiger partial charge in [-0.3, -0.25) is 0 Å². The van der Waals surface area contributed by atoms with Crippen LogP contribution in [-0.2, 0) is 4.79 Å². The average molecular weight is 330 g/mol. The lowest BCUT2D eigenvalue weighted by atomic mass is 9.88. The number of aliphatic carboxylic acids is 1. The van der Waals surface area contributed by atoms with E-state index in [4.69, 9.17) is 19.3 Å². The lowest BCUT2D eigenvalue weighted by Crippen LogP contribution is -2.12. The van der Waals surface area contributed by atoms with Gasteiger partial charge >= 0.3 is 5.97 Å². The number of carboxylic acid groups (broad SMARTS) is 1. The molecule has 0 radical (unpaired) electrons. The van der Waals surface area contributed by atoms with Crippen molar-refractivity contribution in [3.05, 3.63) is 47.5 Å². The van der Waals surface area contributed by atoms with Crippen LogP contribution in [0, 0.1) is 0 Å². The normalized spacial score (nSPS) is 13.5. The van der Waals surface area contributed by atoms with Crippen LogP contribution >= 0.6 is 0 Å². The Balaban J connectivity index is 2.02. The summed E-state index contributed by atoms with van der Waals surface area (Å²) in [4.78, 5) is 10.9. The minimum Gasteiger partial charge on any atom is -0.508 e. The summed E-state index contributed by atoms with van der Waals surface area (Å²) in [5.74, 6) is 0.744. The molecule has 1 aliphatic heterocycles. The Morgan fingerprint density at radius 1 is 1.21 bits per heavy atom. The summed E-state index contributed by atoms with van der Waals surface area (Å²) in [6.45, 7) is 1.73. The topological polar surface area (TPSA) is 85.2 Å². The van der Waals surface area contributed by atoms with Gasteiger partial charge in [0.15, 0.2) is 18.1 Å². The fourth-order valence-electron chi connectivity index (χ4n) is 2.82. The second-order valence-electron chi connectivity index (χ2n) is 5.48. The van der Waals surface area contributed by atoms with Crippen molar-refractivity contribution in [2.45, 2.75) is 19.3 Å². The van der Waals surface area contributed by atoms with E-state index in [9.17, 15) is 9.90 Å². The van der Waals surface area contributed by atoms with Crippen molar-refractivity contribution >= 4 is 5.97 Å². The van der Waals surface area contributed by atoms with E-state index in [0.717, 1.165) is 17.5 Å². The first-order valence-corrected chi connectivity index (χ1v) is 7.65. The number of fused-ring (bicyclic) bond motifs is 1. The van der Waals surface area contributed by atoms with Gasteiger partial charge in [0.1, 0.15) is 11.5 Å². The number of hydrogen-bond donors (Lipinski definition) is 2. The molecule has 0 unspecified atom stereocenters. The number of ether oxygens (including phenoxy) is 3. The van der Waals surface area contributed by atoms with Gasteiger partial charge in [0.25, 0.3) is 0 Å². The molecule has 0 aliphatic carbocycles. The maximum Gasteiger partial charge on any atom is 0.341 e. The van der Waals surface area contributed by atoms with Crippen molar-refractivity contribution in [1.82, 2.24) is 0 Å². The summed E-state index contributed by atoms with van der Waals surface area (Å²) in [6, 6.07) is 10.4. The van der Waals surface area contributed by atoms with Gasteiger partial charge in [0.05, 0.1) is 0 Å². The molecule has 1 aliphatic rings. The molecule has 2 aromatic carbocycles. The Hall–Kier alpha value is -2.89. The van der Waals surface area contributed by atoms with E-state index in [0.29, 0.717) is 17.2 Å². The van der Waals surface area contributed by atoms with Gasteiger partial charge in [-0.15, -0.1) is 0 Å². The summed E-state index contributed by atoms with van der Waals surface area (Å²) >= 11 is 0. The lowest BCUT2D eigenvalue weighted by Gasteiger charge is -2.20. The lowest BCUT2D eigenvalue weighted by molar-refractivity contribution is -0.139. The number of carboxylic acids is 1. The SMILES string of the molecule is CC[C@@H](c1ccc(O)cc1)c1cc2c(cc1OCC(=O)O)OCO2. The number of hydrogen-bond acceptors (Lipinski definition) is 5. The first-order valence-electron chi connectivity index (χ1n) is 7.65. The third-order valence-corrected chi connectivity index (χ3v) is 3.94. The summed E-state index contributed by atoms with van der Waals surface area (Å²) in [6.07, 6.45) is 0.772. The Morgan fingerprint density at radius 3 is 2.50 bits per heavy atom. The van der Waals surface area contributed by atoms with Crippen LogP contribution in [0.4, 0.5) is 0 Å². The highest BCUT2D eigenvalue weighted by molar-refractivity contribution is 5.68. The maximum absolute atomic E-state index is 10.9. The molecule has 0 fully saturated rings. The summed E-state index contributed by atoms with van der Waals surface area (Å²) in [5.41, 5.74) is 1.82. The Morgan fingerprint density at radius 2 is 1.88 bits per heavy atom. The molecule has 0 spiro atoms. The summed E-state index contributed by atoms with van der Waals surface area (Å²) < 4.78 is 16.3. The highest BCUT2D eigenvalue weighted by atomic mass is 16.7. The van der Waals surface area contributed by atoms with E-state index >= 15 is 0 Å². The summed E-state index contributed by atoms with van der Waals surface area (Å²) in [5, 5.41) is 18.4. The van der Waals surface area contributed by atoms with Gasteiger partial charge in [0.2, 0.25) is 6.79 Å². The first kappa shape index (κ1) is 16.0. The second kappa shape index (κ2) is 6.70. The smallest absolute Gasteiger partial charge is 0.341 e. The van der Waals surface area contributed by atoms with Crippen LogP contribution in [0.5, 0.6) is 23.0 Å². The third kappa shape index (κ3) is 3.22. The minimum atomic E-state index is -1.05. The van der Waals surface area contributed by atoms with Crippen molar-refractivity contribution in [3.63, 3.8) is 0 Å². The molecule has 1 heterocycles. The zero-order chi connectivity index (χ0) is 17.1. The molecule has 126 valence electrons. The van der Waals surface area contributed by atoms with E-state index in [1.807, 2.05) is 25.1 Å². The third-order valence-electron chi connectivity index (χ3n) is 3.94. The zero-order valence-corrected chi connectivity index (χ0v) is 13.2. The number of rotatable bonds is 6. The van der Waals surface area contributed by atoms with Crippen LogP contribution in [-0.4, -0.2) is 29.6 Å². The quantitative estimate of drug-likeness (QED) is 0.846. The van der Waals surface area contributed by atoms with Crippen molar-refractivity contribution < 1.29 is 29.2 Å². The van der Waals surface area contributed by atoms with Crippen LogP contribution in [0.1, 0.15) is 30.4 Å². The highest BCUT2D eigenvalue weighted by Crippen LogP contribution is 2.43. The number of phenolic OH excluding ortho intramolecular Hbond substituents is 1. The molecule has 24 heavy (non-hydrogen) atoms. The second-order valence-corrected chi connectivity index (χ2v) is 5.48. The van der Waals surface area contributed by atoms with Gasteiger partial charge in [-0.05, 0) is 30.2 Å². The fraction of sp³-hybridized carbons (Fsp3) is 0.278. The van der Waals surface area contributed by atoms with Crippen LogP contribution in [0.25, 0.3) is 0 Å². The van der Waals surface area contributed by atoms with Crippen LogP contribution < -0.4 is 14.2 Å². The van der Waals surface area contributed by atoms with E-state index in [2.05, 4.69) is 0 Å². The number of aromatic hydroxyl groups is 1. The van der Waals surface area contributed by atoms with Crippen LogP contribution in [0.3, 0.4) is 0 Å². The monoisotopic (exact) mass is 330 g/mol. The van der Waals surface area contributed by atoms with Crippen molar-refractivity contribution in [2.75, 3.05) is 13.4 Å². The maximum atomic E-state index is 10.9. The van der Waals surface area contributed by atoms with Crippen molar-refractivity contribution in [3.8, 4) is 23.0 Å². The molecule has 0 saturated carbocycles. The van der Waals surface area contributed by atoms with E-state index in [1.165, 1.54) is 0 Å². The number of carbonyl (C=O) groups is 1. The summed E-state index contributed by atoms with van der Waals surface area (Å²) in [7, 11) is 0. The average Bonchev–Trinajstić information content (AvgIpc) is 3.02. The molecule has 2 aromatic rings. The van der Waals surface area contributed by atoms with Gasteiger partial charge in [-0.25, -0.2) is 4.79 Å². The predicted octanol–water partition coefficient (Wildman–Crippen LogP) is 3.13. The molecule has 6 nitrogen and oxygen atoms in total. The van der Waals surface area contributed by atoms with Gasteiger partial charge in [-0.2, -0.15) is 0 Å². The first-order chi connectivity index (χ1) is 11.6. The van der Waals surface area contributed by atoms with Gasteiger partial charge in [0, 0.05) is 17.5 Å². The molecule has 0 saturated heterocycles. The van der Waals surface area contributed by atoms with E-state index < -0.39 is 12.6 Å². The zero-order valence-electron chi connectivity index (χ0n) is 13.2. The molecule has 0 amide bonds. The molecule has 0 bridgehead atoms. The highest BCUT2D eigenvalue weighted by Gasteiger charge is 2.24. The standard InChI is InChI=1S/C18H18O6/c1-2-13(11-3-5-12(19)6-4-11)14-7-16-17(24-10-23-16)8-15(14)22-9-18(20)21/h3-8,13,19H,2,9-10H2,1H3,(H,20,21)/t13-/m0/s1. The largest absolute Gasteiger partial charge is 0.508 e. The molecule has 3 rings (SSSR count). The Kier molecular flexibility index (Phi) is 4.46. The predicted molar refractivity (Wildman–Crippen MR) is 85.9 cm³/mol. The molecular formula is C18H18O6. The molecule has 1 atom stereocenters. The fourth-order valence-corrected chi connectivity index (χ4v) is 2.82. The molecule has 6 heteroatoms. The van der Waals surface area contributed by atoms with Crippen molar-refractivity contribution in [1.29, 1.82) is 0 Å². The van der Waals surface area contributed by atoms with Crippen molar-refractivity contribution in [2.24, 2.45) is 0 Å². The molecule has 0 aromatic heterocycles. The Bertz CT molecular complexity index is 738. The molecule has 2 N–H and O–H groups in total. The van der Waals surface area contributed by atoms with E-state index in [1.54, 1.807) is 18.2 Å². The van der Waals surface area contributed by atoms with Gasteiger partial charge < -0.3 is 24.4 Å². The Labute approximate surface area is 139 Å². The molecular weight excluding hydrogens is 312 g/mol. The number of phenols is 1. The van der Waals surface area contributed by atoms with Crippen LogP contribution in [0.2, 0.25) is 0 Å². The van der Waals surface area contributed by atoms with Gasteiger partial charge in [-0.1, -0.05) is 19.1 Å². The van der Waals surface area contributed by atoms with Crippen LogP contribution in [0.15, 0.2) is 36.4 Å². The number of benzene rings is 2.